The van der Waals surface area contributed by atoms with Crippen LogP contribution in [0, 0.1) is 11.6 Å². The molecule has 0 spiro atoms. The summed E-state index contributed by atoms with van der Waals surface area (Å²) in [4.78, 5) is 49.9. The van der Waals surface area contributed by atoms with E-state index in [2.05, 4.69) is 15.6 Å². The van der Waals surface area contributed by atoms with Crippen LogP contribution in [0.4, 0.5) is 14.5 Å². The van der Waals surface area contributed by atoms with Gasteiger partial charge in [-0.3, -0.25) is 14.4 Å². The monoisotopic (exact) mass is 415 g/mol. The van der Waals surface area contributed by atoms with Crippen molar-refractivity contribution in [2.24, 2.45) is 0 Å². The van der Waals surface area contributed by atoms with Crippen LogP contribution in [0.5, 0.6) is 0 Å². The van der Waals surface area contributed by atoms with Gasteiger partial charge in [0.25, 0.3) is 11.5 Å². The molecule has 0 atom stereocenters. The number of hydrogen-bond donors (Lipinski definition) is 3. The number of carbonyl (C=O) groups excluding carboxylic acids is 3. The van der Waals surface area contributed by atoms with Gasteiger partial charge in [0.2, 0.25) is 5.91 Å². The fourth-order valence-corrected chi connectivity index (χ4v) is 2.54. The average Bonchev–Trinajstić information content (AvgIpc) is 2.73. The third-order valence-corrected chi connectivity index (χ3v) is 3.96. The SMILES string of the molecule is O=C(COC(=O)c1cc2ccccc2c(=O)[nH]1)NCC(=O)Nc1ccc(F)c(F)c1. The number of ether oxygens (including phenoxy) is 1. The summed E-state index contributed by atoms with van der Waals surface area (Å²) in [6.45, 7) is -1.17. The number of fused-ring (bicyclic) bond motifs is 1. The van der Waals surface area contributed by atoms with Gasteiger partial charge in [-0.1, -0.05) is 18.2 Å². The molecule has 0 bridgehead atoms. The number of aromatic nitrogens is 1. The zero-order valence-corrected chi connectivity index (χ0v) is 15.3. The predicted octanol–water partition coefficient (Wildman–Crippen LogP) is 1.72. The summed E-state index contributed by atoms with van der Waals surface area (Å²) >= 11 is 0. The van der Waals surface area contributed by atoms with E-state index in [0.29, 0.717) is 10.8 Å². The van der Waals surface area contributed by atoms with Crippen molar-refractivity contribution in [1.29, 1.82) is 0 Å². The average molecular weight is 415 g/mol. The molecular weight excluding hydrogens is 400 g/mol. The number of H-pyrrole nitrogens is 1. The summed E-state index contributed by atoms with van der Waals surface area (Å²) < 4.78 is 30.8. The number of hydrogen-bond acceptors (Lipinski definition) is 5. The van der Waals surface area contributed by atoms with E-state index >= 15 is 0 Å². The van der Waals surface area contributed by atoms with Crippen LogP contribution < -0.4 is 16.2 Å². The Morgan fingerprint density at radius 2 is 1.73 bits per heavy atom. The molecule has 154 valence electrons. The summed E-state index contributed by atoms with van der Waals surface area (Å²) in [5.74, 6) is -4.57. The highest BCUT2D eigenvalue weighted by Crippen LogP contribution is 2.13. The van der Waals surface area contributed by atoms with Crippen LogP contribution in [0.25, 0.3) is 10.8 Å². The normalized spacial score (nSPS) is 10.5. The van der Waals surface area contributed by atoms with Crippen molar-refractivity contribution >= 4 is 34.2 Å². The third kappa shape index (κ3) is 5.04. The molecule has 2 amide bonds. The largest absolute Gasteiger partial charge is 0.451 e. The highest BCUT2D eigenvalue weighted by Gasteiger charge is 2.14. The highest BCUT2D eigenvalue weighted by molar-refractivity contribution is 5.96. The van der Waals surface area contributed by atoms with E-state index in [9.17, 15) is 28.0 Å². The van der Waals surface area contributed by atoms with Crippen molar-refractivity contribution in [3.05, 3.63) is 76.2 Å². The summed E-state index contributed by atoms with van der Waals surface area (Å²) in [5, 5.41) is 5.42. The second-order valence-electron chi connectivity index (χ2n) is 6.13. The van der Waals surface area contributed by atoms with Gasteiger partial charge in [-0.15, -0.1) is 0 Å². The molecule has 0 aliphatic rings. The number of carbonyl (C=O) groups is 3. The quantitative estimate of drug-likeness (QED) is 0.530. The van der Waals surface area contributed by atoms with E-state index in [0.717, 1.165) is 18.2 Å². The maximum Gasteiger partial charge on any atom is 0.355 e. The summed E-state index contributed by atoms with van der Waals surface area (Å²) in [7, 11) is 0. The van der Waals surface area contributed by atoms with Crippen LogP contribution in [0.2, 0.25) is 0 Å². The lowest BCUT2D eigenvalue weighted by atomic mass is 10.1. The van der Waals surface area contributed by atoms with Gasteiger partial charge in [-0.2, -0.15) is 0 Å². The zero-order chi connectivity index (χ0) is 21.7. The summed E-state index contributed by atoms with van der Waals surface area (Å²) in [6, 6.07) is 10.9. The zero-order valence-electron chi connectivity index (χ0n) is 15.3. The maximum atomic E-state index is 13.1. The van der Waals surface area contributed by atoms with Crippen molar-refractivity contribution in [2.45, 2.75) is 0 Å². The van der Waals surface area contributed by atoms with Crippen LogP contribution in [0.15, 0.2) is 53.3 Å². The number of pyridine rings is 1. The van der Waals surface area contributed by atoms with Crippen LogP contribution in [0.1, 0.15) is 10.5 Å². The Labute approximate surface area is 167 Å². The number of aromatic amines is 1. The molecule has 30 heavy (non-hydrogen) atoms. The molecule has 8 nitrogen and oxygen atoms in total. The Morgan fingerprint density at radius 3 is 2.50 bits per heavy atom. The molecule has 1 heterocycles. The fourth-order valence-electron chi connectivity index (χ4n) is 2.54. The Hall–Kier alpha value is -4.08. The third-order valence-electron chi connectivity index (χ3n) is 3.96. The van der Waals surface area contributed by atoms with Gasteiger partial charge in [-0.05, 0) is 29.7 Å². The number of nitrogens with one attached hydrogen (secondary N) is 3. The van der Waals surface area contributed by atoms with E-state index in [1.165, 1.54) is 6.07 Å². The van der Waals surface area contributed by atoms with Crippen LogP contribution in [-0.2, 0) is 14.3 Å². The van der Waals surface area contributed by atoms with Gasteiger partial charge < -0.3 is 20.4 Å². The first-order valence-corrected chi connectivity index (χ1v) is 8.64. The van der Waals surface area contributed by atoms with E-state index in [-0.39, 0.29) is 11.4 Å². The molecule has 10 heteroatoms. The van der Waals surface area contributed by atoms with Gasteiger partial charge in [0, 0.05) is 17.1 Å². The van der Waals surface area contributed by atoms with E-state index in [1.807, 2.05) is 0 Å². The molecule has 0 aliphatic carbocycles. The Kier molecular flexibility index (Phi) is 6.16. The number of rotatable bonds is 6. The van der Waals surface area contributed by atoms with Crippen molar-refractivity contribution < 1.29 is 27.9 Å². The van der Waals surface area contributed by atoms with Crippen LogP contribution in [0.3, 0.4) is 0 Å². The minimum Gasteiger partial charge on any atom is -0.451 e. The van der Waals surface area contributed by atoms with Gasteiger partial charge >= 0.3 is 5.97 Å². The summed E-state index contributed by atoms with van der Waals surface area (Å²) in [6.07, 6.45) is 0. The molecule has 0 aliphatic heterocycles. The van der Waals surface area contributed by atoms with Crippen molar-refractivity contribution in [3.63, 3.8) is 0 Å². The molecule has 0 unspecified atom stereocenters. The molecule has 1 aromatic heterocycles. The Bertz CT molecular complexity index is 1190. The molecule has 3 rings (SSSR count). The van der Waals surface area contributed by atoms with Gasteiger partial charge in [0.1, 0.15) is 5.69 Å². The first-order chi connectivity index (χ1) is 14.3. The number of anilines is 1. The lowest BCUT2D eigenvalue weighted by Crippen LogP contribution is -2.35. The summed E-state index contributed by atoms with van der Waals surface area (Å²) in [5.41, 5.74) is -0.583. The topological polar surface area (TPSA) is 117 Å². The van der Waals surface area contributed by atoms with Gasteiger partial charge in [0.15, 0.2) is 18.2 Å². The van der Waals surface area contributed by atoms with E-state index in [4.69, 9.17) is 4.74 Å². The molecule has 0 fully saturated rings. The second-order valence-corrected chi connectivity index (χ2v) is 6.13. The van der Waals surface area contributed by atoms with Crippen LogP contribution in [-0.4, -0.2) is 35.9 Å². The van der Waals surface area contributed by atoms with E-state index in [1.54, 1.807) is 24.3 Å². The fraction of sp³-hybridized carbons (Fsp3) is 0.100. The number of benzene rings is 2. The molecule has 0 saturated carbocycles. The lowest BCUT2D eigenvalue weighted by Gasteiger charge is -2.08. The molecule has 0 saturated heterocycles. The molecular formula is C20H15F2N3O5. The Morgan fingerprint density at radius 1 is 0.967 bits per heavy atom. The van der Waals surface area contributed by atoms with Crippen molar-refractivity contribution in [3.8, 4) is 0 Å². The lowest BCUT2D eigenvalue weighted by molar-refractivity contribution is -0.126. The highest BCUT2D eigenvalue weighted by atomic mass is 19.2. The minimum atomic E-state index is -1.13. The maximum absolute atomic E-state index is 13.1. The van der Waals surface area contributed by atoms with Crippen molar-refractivity contribution in [2.75, 3.05) is 18.5 Å². The number of amides is 2. The molecule has 0 radical (unpaired) electrons. The Balaban J connectivity index is 1.49. The molecule has 2 aromatic carbocycles. The molecule has 3 N–H and O–H groups in total. The second kappa shape index (κ2) is 8.95. The predicted molar refractivity (Wildman–Crippen MR) is 103 cm³/mol. The van der Waals surface area contributed by atoms with Crippen LogP contribution >= 0.6 is 0 Å². The van der Waals surface area contributed by atoms with Crippen molar-refractivity contribution in [1.82, 2.24) is 10.3 Å². The molecule has 3 aromatic rings. The first-order valence-electron chi connectivity index (χ1n) is 8.64. The van der Waals surface area contributed by atoms with Gasteiger partial charge in [-0.25, -0.2) is 13.6 Å². The number of esters is 1. The smallest absolute Gasteiger partial charge is 0.355 e. The minimum absolute atomic E-state index is 0.0137. The number of halogens is 2. The first kappa shape index (κ1) is 20.6. The standard InChI is InChI=1S/C20H15F2N3O5/c21-14-6-5-12(8-15(14)22)24-17(26)9-23-18(27)10-30-20(29)16-7-11-3-1-2-4-13(11)19(28)25-16/h1-8H,9-10H2,(H,23,27)(H,24,26)(H,25,28). The van der Waals surface area contributed by atoms with Gasteiger partial charge in [0.05, 0.1) is 6.54 Å². The van der Waals surface area contributed by atoms with E-state index < -0.39 is 48.1 Å².